The van der Waals surface area contributed by atoms with Crippen LogP contribution in [-0.4, -0.2) is 19.3 Å². The van der Waals surface area contributed by atoms with E-state index >= 15 is 0 Å². The first-order valence-corrected chi connectivity index (χ1v) is 8.87. The van der Waals surface area contributed by atoms with E-state index in [-0.39, 0.29) is 0 Å². The summed E-state index contributed by atoms with van der Waals surface area (Å²) in [6.45, 7) is 4.34. The molecule has 2 saturated carbocycles. The minimum Gasteiger partial charge on any atom is -0.490 e. The van der Waals surface area contributed by atoms with Crippen LogP contribution in [0.1, 0.15) is 44.6 Å². The largest absolute Gasteiger partial charge is 0.490 e. The zero-order valence-corrected chi connectivity index (χ0v) is 14.2. The van der Waals surface area contributed by atoms with Crippen molar-refractivity contribution < 1.29 is 9.47 Å². The molecule has 0 atom stereocenters. The van der Waals surface area contributed by atoms with Gasteiger partial charge in [0, 0.05) is 12.6 Å². The lowest BCUT2D eigenvalue weighted by Crippen LogP contribution is -2.15. The fourth-order valence-electron chi connectivity index (χ4n) is 2.41. The van der Waals surface area contributed by atoms with E-state index in [1.807, 2.05) is 6.92 Å². The average molecular weight is 354 g/mol. The summed E-state index contributed by atoms with van der Waals surface area (Å²) in [6.07, 6.45) is 6.51. The van der Waals surface area contributed by atoms with Gasteiger partial charge >= 0.3 is 0 Å². The molecule has 0 radical (unpaired) electrons. The van der Waals surface area contributed by atoms with Gasteiger partial charge in [-0.1, -0.05) is 12.8 Å². The van der Waals surface area contributed by atoms with Gasteiger partial charge in [-0.15, -0.1) is 0 Å². The Morgan fingerprint density at radius 3 is 2.67 bits per heavy atom. The molecule has 1 N–H and O–H groups in total. The van der Waals surface area contributed by atoms with Gasteiger partial charge in [0.15, 0.2) is 11.5 Å². The number of nitrogens with one attached hydrogen (secondary N) is 1. The second-order valence-electron chi connectivity index (χ2n) is 6.07. The van der Waals surface area contributed by atoms with Gasteiger partial charge in [0.05, 0.1) is 17.7 Å². The third kappa shape index (κ3) is 4.62. The van der Waals surface area contributed by atoms with Crippen molar-refractivity contribution in [3.63, 3.8) is 0 Å². The van der Waals surface area contributed by atoms with Crippen LogP contribution in [0.25, 0.3) is 0 Å². The Kier molecular flexibility index (Phi) is 5.07. The second-order valence-corrected chi connectivity index (χ2v) is 6.93. The van der Waals surface area contributed by atoms with E-state index in [1.165, 1.54) is 31.2 Å². The summed E-state index contributed by atoms with van der Waals surface area (Å²) in [5, 5.41) is 3.54. The number of halogens is 1. The molecule has 0 bridgehead atoms. The maximum Gasteiger partial charge on any atom is 0.175 e. The van der Waals surface area contributed by atoms with E-state index < -0.39 is 0 Å². The van der Waals surface area contributed by atoms with E-state index in [2.05, 4.69) is 33.4 Å². The Morgan fingerprint density at radius 2 is 2.00 bits per heavy atom. The summed E-state index contributed by atoms with van der Waals surface area (Å²) in [5.41, 5.74) is 1.24. The predicted molar refractivity (Wildman–Crippen MR) is 88.0 cm³/mol. The summed E-state index contributed by atoms with van der Waals surface area (Å²) in [6, 6.07) is 4.97. The van der Waals surface area contributed by atoms with Gasteiger partial charge in [0.2, 0.25) is 0 Å². The third-order valence-corrected chi connectivity index (χ3v) is 4.60. The van der Waals surface area contributed by atoms with Crippen LogP contribution < -0.4 is 14.8 Å². The Labute approximate surface area is 135 Å². The lowest BCUT2D eigenvalue weighted by Gasteiger charge is -2.15. The quantitative estimate of drug-likeness (QED) is 0.718. The average Bonchev–Trinajstić information content (AvgIpc) is 3.35. The summed E-state index contributed by atoms with van der Waals surface area (Å²) in [5.74, 6) is 2.60. The molecule has 3 nitrogen and oxygen atoms in total. The van der Waals surface area contributed by atoms with E-state index in [0.717, 1.165) is 41.5 Å². The van der Waals surface area contributed by atoms with Gasteiger partial charge < -0.3 is 14.8 Å². The zero-order valence-electron chi connectivity index (χ0n) is 12.7. The van der Waals surface area contributed by atoms with Crippen LogP contribution in [0.15, 0.2) is 16.6 Å². The highest BCUT2D eigenvalue weighted by Gasteiger charge is 2.22. The lowest BCUT2D eigenvalue weighted by atomic mass is 10.2. The number of rotatable bonds is 9. The summed E-state index contributed by atoms with van der Waals surface area (Å²) >= 11 is 3.64. The first-order chi connectivity index (χ1) is 10.3. The van der Waals surface area contributed by atoms with Crippen LogP contribution in [0.2, 0.25) is 0 Å². The first kappa shape index (κ1) is 15.2. The molecule has 2 aliphatic carbocycles. The van der Waals surface area contributed by atoms with Crippen molar-refractivity contribution in [1.29, 1.82) is 0 Å². The molecule has 0 heterocycles. The first-order valence-electron chi connectivity index (χ1n) is 8.07. The van der Waals surface area contributed by atoms with Gasteiger partial charge in [-0.3, -0.25) is 0 Å². The highest BCUT2D eigenvalue weighted by atomic mass is 79.9. The molecule has 0 saturated heterocycles. The number of ether oxygens (including phenoxy) is 2. The maximum absolute atomic E-state index is 5.97. The van der Waals surface area contributed by atoms with E-state index in [1.54, 1.807) is 0 Å². The molecule has 0 aliphatic heterocycles. The molecule has 21 heavy (non-hydrogen) atoms. The molecule has 0 aromatic heterocycles. The lowest BCUT2D eigenvalue weighted by molar-refractivity contribution is 0.267. The Balaban J connectivity index is 1.65. The zero-order chi connectivity index (χ0) is 14.7. The number of hydrogen-bond acceptors (Lipinski definition) is 3. The van der Waals surface area contributed by atoms with Crippen LogP contribution in [-0.2, 0) is 6.54 Å². The van der Waals surface area contributed by atoms with Crippen molar-refractivity contribution in [1.82, 2.24) is 5.32 Å². The van der Waals surface area contributed by atoms with Crippen molar-refractivity contribution in [2.75, 3.05) is 13.2 Å². The molecule has 1 aromatic carbocycles. The summed E-state index contributed by atoms with van der Waals surface area (Å²) in [4.78, 5) is 0. The number of benzene rings is 1. The van der Waals surface area contributed by atoms with Gasteiger partial charge in [0.1, 0.15) is 0 Å². The van der Waals surface area contributed by atoms with Gasteiger partial charge in [0.25, 0.3) is 0 Å². The molecule has 2 fully saturated rings. The van der Waals surface area contributed by atoms with E-state index in [4.69, 9.17) is 9.47 Å². The third-order valence-electron chi connectivity index (χ3n) is 4.01. The van der Waals surface area contributed by atoms with Crippen LogP contribution in [0.5, 0.6) is 11.5 Å². The van der Waals surface area contributed by atoms with Crippen molar-refractivity contribution >= 4 is 15.9 Å². The smallest absolute Gasteiger partial charge is 0.175 e. The SMILES string of the molecule is CCOc1cc(CNC2CC2)cc(Br)c1OCCC1CC1. The molecule has 1 aromatic rings. The van der Waals surface area contributed by atoms with Crippen LogP contribution in [0, 0.1) is 5.92 Å². The van der Waals surface area contributed by atoms with Crippen LogP contribution >= 0.6 is 15.9 Å². The van der Waals surface area contributed by atoms with Crippen molar-refractivity contribution in [2.24, 2.45) is 5.92 Å². The van der Waals surface area contributed by atoms with Crippen LogP contribution in [0.4, 0.5) is 0 Å². The molecule has 4 heteroatoms. The van der Waals surface area contributed by atoms with E-state index in [0.29, 0.717) is 12.6 Å². The molecular formula is C17H24BrNO2. The molecule has 0 unspecified atom stereocenters. The second kappa shape index (κ2) is 7.01. The molecule has 116 valence electrons. The predicted octanol–water partition coefficient (Wildman–Crippen LogP) is 4.28. The fourth-order valence-corrected chi connectivity index (χ4v) is 3.01. The monoisotopic (exact) mass is 353 g/mol. The van der Waals surface area contributed by atoms with Crippen molar-refractivity contribution in [2.45, 2.75) is 51.6 Å². The molecular weight excluding hydrogens is 330 g/mol. The minimum absolute atomic E-state index is 0.658. The van der Waals surface area contributed by atoms with Crippen LogP contribution in [0.3, 0.4) is 0 Å². The fraction of sp³-hybridized carbons (Fsp3) is 0.647. The topological polar surface area (TPSA) is 30.5 Å². The molecule has 2 aliphatic rings. The number of hydrogen-bond donors (Lipinski definition) is 1. The minimum atomic E-state index is 0.658. The molecule has 0 spiro atoms. The summed E-state index contributed by atoms with van der Waals surface area (Å²) in [7, 11) is 0. The van der Waals surface area contributed by atoms with Crippen molar-refractivity contribution in [3.8, 4) is 11.5 Å². The Hall–Kier alpha value is -0.740. The normalized spacial score (nSPS) is 17.8. The van der Waals surface area contributed by atoms with Crippen molar-refractivity contribution in [3.05, 3.63) is 22.2 Å². The molecule has 3 rings (SSSR count). The maximum atomic E-state index is 5.97. The van der Waals surface area contributed by atoms with Gasteiger partial charge in [-0.2, -0.15) is 0 Å². The standard InChI is InChI=1S/C17H24BrNO2/c1-2-20-16-10-13(11-19-14-5-6-14)9-15(18)17(16)21-8-7-12-3-4-12/h9-10,12,14,19H,2-8,11H2,1H3. The Morgan fingerprint density at radius 1 is 1.19 bits per heavy atom. The van der Waals surface area contributed by atoms with E-state index in [9.17, 15) is 0 Å². The van der Waals surface area contributed by atoms with Gasteiger partial charge in [-0.25, -0.2) is 0 Å². The van der Waals surface area contributed by atoms with Gasteiger partial charge in [-0.05, 0) is 65.7 Å². The Bertz CT molecular complexity index is 484. The molecule has 0 amide bonds. The highest BCUT2D eigenvalue weighted by molar-refractivity contribution is 9.10. The highest BCUT2D eigenvalue weighted by Crippen LogP contribution is 2.38. The summed E-state index contributed by atoms with van der Waals surface area (Å²) < 4.78 is 12.7.